The van der Waals surface area contributed by atoms with E-state index in [4.69, 9.17) is 4.74 Å². The summed E-state index contributed by atoms with van der Waals surface area (Å²) in [6.45, 7) is 2.46. The Kier molecular flexibility index (Phi) is 6.49. The first-order valence-electron chi connectivity index (χ1n) is 7.92. The summed E-state index contributed by atoms with van der Waals surface area (Å²) in [5, 5.41) is 13.5. The highest BCUT2D eigenvalue weighted by atomic mass is 16.5. The lowest BCUT2D eigenvalue weighted by Gasteiger charge is -2.36. The number of nitrogens with zero attached hydrogens (tertiary/aromatic N) is 1. The molecule has 2 atom stereocenters. The molecule has 21 heavy (non-hydrogen) atoms. The van der Waals surface area contributed by atoms with Crippen LogP contribution in [0, 0.1) is 0 Å². The van der Waals surface area contributed by atoms with Gasteiger partial charge in [-0.05, 0) is 30.5 Å². The predicted octanol–water partition coefficient (Wildman–Crippen LogP) is 2.16. The molecule has 0 radical (unpaired) electrons. The zero-order valence-corrected chi connectivity index (χ0v) is 13.2. The van der Waals surface area contributed by atoms with Gasteiger partial charge in [0.1, 0.15) is 0 Å². The minimum atomic E-state index is -0.195. The number of nitrogens with one attached hydrogen (secondary N) is 1. The molecule has 1 aliphatic carbocycles. The summed E-state index contributed by atoms with van der Waals surface area (Å²) >= 11 is 0. The molecule has 1 aromatic rings. The van der Waals surface area contributed by atoms with Crippen molar-refractivity contribution in [3.8, 4) is 0 Å². The Morgan fingerprint density at radius 1 is 1.24 bits per heavy atom. The first kappa shape index (κ1) is 16.3. The van der Waals surface area contributed by atoms with E-state index in [1.54, 1.807) is 7.11 Å². The fraction of sp³-hybridized carbons (Fsp3) is 0.647. The highest BCUT2D eigenvalue weighted by Crippen LogP contribution is 2.26. The molecule has 0 saturated heterocycles. The number of anilines is 1. The molecule has 0 spiro atoms. The normalized spacial score (nSPS) is 22.2. The molecule has 0 bridgehead atoms. The van der Waals surface area contributed by atoms with Crippen molar-refractivity contribution in [1.29, 1.82) is 0 Å². The maximum absolute atomic E-state index is 10.2. The van der Waals surface area contributed by atoms with Crippen molar-refractivity contribution in [2.45, 2.75) is 44.4 Å². The quantitative estimate of drug-likeness (QED) is 0.756. The van der Waals surface area contributed by atoms with Gasteiger partial charge in [-0.3, -0.25) is 0 Å². The van der Waals surface area contributed by atoms with Gasteiger partial charge in [-0.2, -0.15) is 0 Å². The monoisotopic (exact) mass is 292 g/mol. The third kappa shape index (κ3) is 4.70. The largest absolute Gasteiger partial charge is 0.391 e. The maximum Gasteiger partial charge on any atom is 0.0743 e. The topological polar surface area (TPSA) is 44.7 Å². The van der Waals surface area contributed by atoms with Gasteiger partial charge in [0.2, 0.25) is 0 Å². The van der Waals surface area contributed by atoms with Crippen molar-refractivity contribution < 1.29 is 9.84 Å². The Morgan fingerprint density at radius 3 is 2.62 bits per heavy atom. The molecule has 0 amide bonds. The third-order valence-electron chi connectivity index (χ3n) is 4.35. The zero-order chi connectivity index (χ0) is 15.1. The van der Waals surface area contributed by atoms with Gasteiger partial charge in [0.05, 0.1) is 18.8 Å². The molecule has 1 aliphatic rings. The highest BCUT2D eigenvalue weighted by molar-refractivity contribution is 5.48. The van der Waals surface area contributed by atoms with Crippen molar-refractivity contribution in [3.63, 3.8) is 0 Å². The van der Waals surface area contributed by atoms with Crippen molar-refractivity contribution >= 4 is 5.69 Å². The van der Waals surface area contributed by atoms with Crippen molar-refractivity contribution in [1.82, 2.24) is 5.32 Å². The van der Waals surface area contributed by atoms with Crippen LogP contribution in [0.3, 0.4) is 0 Å². The van der Waals surface area contributed by atoms with Gasteiger partial charge in [-0.25, -0.2) is 0 Å². The van der Waals surface area contributed by atoms with Crippen LogP contribution >= 0.6 is 0 Å². The van der Waals surface area contributed by atoms with Gasteiger partial charge in [-0.1, -0.05) is 25.0 Å². The second-order valence-corrected chi connectivity index (χ2v) is 5.87. The molecule has 1 saturated carbocycles. The SMILES string of the molecule is COCCNCc1ccc(N(C)C2CCCCC2O)cc1. The van der Waals surface area contributed by atoms with E-state index in [0.29, 0.717) is 0 Å². The van der Waals surface area contributed by atoms with Crippen molar-refractivity contribution in [2.24, 2.45) is 0 Å². The smallest absolute Gasteiger partial charge is 0.0743 e. The van der Waals surface area contributed by atoms with Crippen LogP contribution in [-0.4, -0.2) is 44.6 Å². The van der Waals surface area contributed by atoms with Crippen LogP contribution in [0.1, 0.15) is 31.2 Å². The molecule has 4 heteroatoms. The van der Waals surface area contributed by atoms with Crippen molar-refractivity contribution in [3.05, 3.63) is 29.8 Å². The molecule has 2 rings (SSSR count). The number of hydrogen-bond acceptors (Lipinski definition) is 4. The Balaban J connectivity index is 1.88. The number of methoxy groups -OCH3 is 1. The second kappa shape index (κ2) is 8.37. The van der Waals surface area contributed by atoms with E-state index in [1.165, 1.54) is 17.7 Å². The van der Waals surface area contributed by atoms with Crippen LogP contribution in [0.25, 0.3) is 0 Å². The van der Waals surface area contributed by atoms with Gasteiger partial charge >= 0.3 is 0 Å². The third-order valence-corrected chi connectivity index (χ3v) is 4.35. The summed E-state index contributed by atoms with van der Waals surface area (Å²) in [5.41, 5.74) is 2.45. The van der Waals surface area contributed by atoms with Crippen LogP contribution in [0.5, 0.6) is 0 Å². The molecule has 1 fully saturated rings. The molecule has 1 aromatic carbocycles. The number of likely N-dealkylation sites (N-methyl/N-ethyl adjacent to an activating group) is 1. The van der Waals surface area contributed by atoms with E-state index in [9.17, 15) is 5.11 Å². The summed E-state index contributed by atoms with van der Waals surface area (Å²) in [4.78, 5) is 2.23. The van der Waals surface area contributed by atoms with E-state index in [-0.39, 0.29) is 12.1 Å². The molecule has 2 N–H and O–H groups in total. The average molecular weight is 292 g/mol. The van der Waals surface area contributed by atoms with Gasteiger partial charge < -0.3 is 20.1 Å². The molecule has 118 valence electrons. The van der Waals surface area contributed by atoms with Gasteiger partial charge in [0.15, 0.2) is 0 Å². The summed E-state index contributed by atoms with van der Waals surface area (Å²) in [5.74, 6) is 0. The highest BCUT2D eigenvalue weighted by Gasteiger charge is 2.26. The van der Waals surface area contributed by atoms with Crippen LogP contribution in [-0.2, 0) is 11.3 Å². The second-order valence-electron chi connectivity index (χ2n) is 5.87. The maximum atomic E-state index is 10.2. The zero-order valence-electron chi connectivity index (χ0n) is 13.2. The number of aliphatic hydroxyl groups is 1. The van der Waals surface area contributed by atoms with Crippen LogP contribution in [0.2, 0.25) is 0 Å². The number of benzene rings is 1. The number of hydrogen-bond donors (Lipinski definition) is 2. The van der Waals surface area contributed by atoms with Crippen LogP contribution in [0.4, 0.5) is 5.69 Å². The van der Waals surface area contributed by atoms with E-state index in [2.05, 4.69) is 41.5 Å². The summed E-state index contributed by atoms with van der Waals surface area (Å²) in [7, 11) is 3.80. The number of aliphatic hydroxyl groups excluding tert-OH is 1. The van der Waals surface area contributed by atoms with E-state index in [1.807, 2.05) is 0 Å². The lowest BCUT2D eigenvalue weighted by atomic mass is 9.91. The minimum absolute atomic E-state index is 0.195. The first-order valence-corrected chi connectivity index (χ1v) is 7.92. The average Bonchev–Trinajstić information content (AvgIpc) is 2.52. The lowest BCUT2D eigenvalue weighted by Crippen LogP contribution is -2.43. The van der Waals surface area contributed by atoms with Crippen molar-refractivity contribution in [2.75, 3.05) is 32.2 Å². The Bertz CT molecular complexity index is 408. The Hall–Kier alpha value is -1.10. The molecule has 0 aromatic heterocycles. The summed E-state index contributed by atoms with van der Waals surface area (Å²) < 4.78 is 5.01. The molecule has 0 heterocycles. The Labute approximate surface area is 128 Å². The number of rotatable bonds is 7. The summed E-state index contributed by atoms with van der Waals surface area (Å²) in [6.07, 6.45) is 4.18. The predicted molar refractivity (Wildman–Crippen MR) is 86.7 cm³/mol. The minimum Gasteiger partial charge on any atom is -0.391 e. The molecular formula is C17H28N2O2. The number of ether oxygens (including phenoxy) is 1. The molecule has 2 unspecified atom stereocenters. The van der Waals surface area contributed by atoms with Crippen LogP contribution in [0.15, 0.2) is 24.3 Å². The summed E-state index contributed by atoms with van der Waals surface area (Å²) in [6, 6.07) is 8.86. The fourth-order valence-corrected chi connectivity index (χ4v) is 2.99. The molecule has 4 nitrogen and oxygen atoms in total. The first-order chi connectivity index (χ1) is 10.2. The fourth-order valence-electron chi connectivity index (χ4n) is 2.99. The standard InChI is InChI=1S/C17H28N2O2/c1-19(16-5-3-4-6-17(16)20)15-9-7-14(8-10-15)13-18-11-12-21-2/h7-10,16-18,20H,3-6,11-13H2,1-2H3. The molecule has 0 aliphatic heterocycles. The van der Waals surface area contributed by atoms with E-state index < -0.39 is 0 Å². The lowest BCUT2D eigenvalue weighted by molar-refractivity contribution is 0.106. The van der Waals surface area contributed by atoms with E-state index >= 15 is 0 Å². The van der Waals surface area contributed by atoms with Gasteiger partial charge in [0.25, 0.3) is 0 Å². The Morgan fingerprint density at radius 2 is 1.95 bits per heavy atom. The van der Waals surface area contributed by atoms with E-state index in [0.717, 1.165) is 39.0 Å². The van der Waals surface area contributed by atoms with Gasteiger partial charge in [-0.15, -0.1) is 0 Å². The van der Waals surface area contributed by atoms with Crippen LogP contribution < -0.4 is 10.2 Å². The molecular weight excluding hydrogens is 264 g/mol. The van der Waals surface area contributed by atoms with Gasteiger partial charge in [0, 0.05) is 32.9 Å².